The highest BCUT2D eigenvalue weighted by Crippen LogP contribution is 2.13. The maximum absolute atomic E-state index is 11.9. The van der Waals surface area contributed by atoms with E-state index in [1.165, 1.54) is 31.4 Å². The lowest BCUT2D eigenvalue weighted by Crippen LogP contribution is -2.11. The van der Waals surface area contributed by atoms with Crippen LogP contribution in [0.4, 0.5) is 5.69 Å². The SMILES string of the molecule is COC(=O)CCc1ccc(/C=C/C(=O)Nc2ccc(C(N)=O)cc2)o1. The van der Waals surface area contributed by atoms with E-state index in [9.17, 15) is 14.4 Å². The normalized spacial score (nSPS) is 10.6. The molecule has 0 bridgehead atoms. The number of furan rings is 1. The molecular weight excluding hydrogens is 324 g/mol. The van der Waals surface area contributed by atoms with Gasteiger partial charge in [0.05, 0.1) is 13.5 Å². The minimum absolute atomic E-state index is 0.231. The number of methoxy groups -OCH3 is 1. The van der Waals surface area contributed by atoms with Gasteiger partial charge in [0.25, 0.3) is 0 Å². The number of nitrogens with two attached hydrogens (primary N) is 1. The molecule has 2 amide bonds. The highest BCUT2D eigenvalue weighted by molar-refractivity contribution is 6.02. The second kappa shape index (κ2) is 8.49. The Morgan fingerprint density at radius 3 is 2.52 bits per heavy atom. The van der Waals surface area contributed by atoms with Gasteiger partial charge >= 0.3 is 5.97 Å². The van der Waals surface area contributed by atoms with Crippen LogP contribution in [-0.2, 0) is 20.7 Å². The molecule has 0 saturated carbocycles. The lowest BCUT2D eigenvalue weighted by atomic mass is 10.2. The topological polar surface area (TPSA) is 112 Å². The van der Waals surface area contributed by atoms with Crippen LogP contribution in [-0.4, -0.2) is 24.9 Å². The molecule has 3 N–H and O–H groups in total. The van der Waals surface area contributed by atoms with E-state index in [-0.39, 0.29) is 18.3 Å². The number of carbonyl (C=O) groups excluding carboxylic acids is 3. The minimum Gasteiger partial charge on any atom is -0.469 e. The van der Waals surface area contributed by atoms with Gasteiger partial charge in [-0.25, -0.2) is 0 Å². The van der Waals surface area contributed by atoms with E-state index in [1.54, 1.807) is 24.3 Å². The third kappa shape index (κ3) is 5.65. The quantitative estimate of drug-likeness (QED) is 0.591. The summed E-state index contributed by atoms with van der Waals surface area (Å²) < 4.78 is 10.1. The Morgan fingerprint density at radius 2 is 1.88 bits per heavy atom. The van der Waals surface area contributed by atoms with E-state index in [4.69, 9.17) is 10.2 Å². The Kier molecular flexibility index (Phi) is 6.11. The fourth-order valence-electron chi connectivity index (χ4n) is 2.01. The van der Waals surface area contributed by atoms with E-state index in [0.717, 1.165) is 0 Å². The van der Waals surface area contributed by atoms with Gasteiger partial charge in [0.2, 0.25) is 11.8 Å². The zero-order valence-electron chi connectivity index (χ0n) is 13.7. The van der Waals surface area contributed by atoms with E-state index < -0.39 is 5.91 Å². The first-order valence-electron chi connectivity index (χ1n) is 7.52. The highest BCUT2D eigenvalue weighted by atomic mass is 16.5. The average Bonchev–Trinajstić information content (AvgIpc) is 3.06. The van der Waals surface area contributed by atoms with Gasteiger partial charge in [-0.2, -0.15) is 0 Å². The van der Waals surface area contributed by atoms with Crippen molar-refractivity contribution >= 4 is 29.5 Å². The molecule has 0 spiro atoms. The van der Waals surface area contributed by atoms with Crippen molar-refractivity contribution in [1.82, 2.24) is 0 Å². The van der Waals surface area contributed by atoms with Crippen molar-refractivity contribution < 1.29 is 23.5 Å². The molecule has 1 heterocycles. The van der Waals surface area contributed by atoms with Crippen LogP contribution in [0.5, 0.6) is 0 Å². The molecule has 0 aliphatic rings. The summed E-state index contributed by atoms with van der Waals surface area (Å²) in [7, 11) is 1.33. The maximum Gasteiger partial charge on any atom is 0.305 e. The van der Waals surface area contributed by atoms with Crippen LogP contribution >= 0.6 is 0 Å². The fourth-order valence-corrected chi connectivity index (χ4v) is 2.01. The van der Waals surface area contributed by atoms with Gasteiger partial charge in [0.1, 0.15) is 11.5 Å². The van der Waals surface area contributed by atoms with Gasteiger partial charge in [0.15, 0.2) is 0 Å². The molecule has 0 aliphatic carbocycles. The van der Waals surface area contributed by atoms with Crippen LogP contribution in [0.15, 0.2) is 46.9 Å². The predicted molar refractivity (Wildman–Crippen MR) is 91.7 cm³/mol. The molecule has 1 aromatic heterocycles. The fraction of sp³-hybridized carbons (Fsp3) is 0.167. The molecule has 7 heteroatoms. The second-order valence-corrected chi connectivity index (χ2v) is 5.14. The number of anilines is 1. The molecule has 0 unspecified atom stereocenters. The highest BCUT2D eigenvalue weighted by Gasteiger charge is 2.05. The lowest BCUT2D eigenvalue weighted by Gasteiger charge is -2.02. The molecule has 0 saturated heterocycles. The van der Waals surface area contributed by atoms with Crippen LogP contribution < -0.4 is 11.1 Å². The van der Waals surface area contributed by atoms with Crippen LogP contribution in [0, 0.1) is 0 Å². The van der Waals surface area contributed by atoms with Crippen molar-refractivity contribution in [2.24, 2.45) is 5.73 Å². The zero-order chi connectivity index (χ0) is 18.2. The van der Waals surface area contributed by atoms with E-state index >= 15 is 0 Å². The van der Waals surface area contributed by atoms with Crippen molar-refractivity contribution in [2.75, 3.05) is 12.4 Å². The van der Waals surface area contributed by atoms with Gasteiger partial charge < -0.3 is 20.2 Å². The first-order valence-corrected chi connectivity index (χ1v) is 7.52. The Balaban J connectivity index is 1.88. The van der Waals surface area contributed by atoms with Gasteiger partial charge in [-0.15, -0.1) is 0 Å². The standard InChI is InChI=1S/C18H18N2O5/c1-24-17(22)11-9-15-7-6-14(25-15)8-10-16(21)20-13-4-2-12(3-5-13)18(19)23/h2-8,10H,9,11H2,1H3,(H2,19,23)(H,20,21)/b10-8+. The lowest BCUT2D eigenvalue weighted by molar-refractivity contribution is -0.140. The molecule has 130 valence electrons. The minimum atomic E-state index is -0.529. The first kappa shape index (κ1) is 18.0. The third-order valence-corrected chi connectivity index (χ3v) is 3.32. The number of benzene rings is 1. The maximum atomic E-state index is 11.9. The molecule has 7 nitrogen and oxygen atoms in total. The van der Waals surface area contributed by atoms with Crippen LogP contribution in [0.1, 0.15) is 28.3 Å². The number of primary amides is 1. The number of hydrogen-bond acceptors (Lipinski definition) is 5. The number of hydrogen-bond donors (Lipinski definition) is 2. The predicted octanol–water partition coefficient (Wildman–Crippen LogP) is 2.14. The summed E-state index contributed by atoms with van der Waals surface area (Å²) >= 11 is 0. The second-order valence-electron chi connectivity index (χ2n) is 5.14. The van der Waals surface area contributed by atoms with Crippen molar-refractivity contribution in [2.45, 2.75) is 12.8 Å². The van der Waals surface area contributed by atoms with Crippen molar-refractivity contribution in [3.05, 3.63) is 59.6 Å². The summed E-state index contributed by atoms with van der Waals surface area (Å²) in [6.45, 7) is 0. The zero-order valence-corrected chi connectivity index (χ0v) is 13.7. The van der Waals surface area contributed by atoms with Crippen molar-refractivity contribution in [3.63, 3.8) is 0 Å². The molecule has 0 fully saturated rings. The molecule has 1 aromatic carbocycles. The van der Waals surface area contributed by atoms with E-state index in [0.29, 0.717) is 29.2 Å². The summed E-state index contributed by atoms with van der Waals surface area (Å²) in [4.78, 5) is 33.9. The summed E-state index contributed by atoms with van der Waals surface area (Å²) in [5.41, 5.74) is 6.06. The van der Waals surface area contributed by atoms with Crippen LogP contribution in [0.3, 0.4) is 0 Å². The molecule has 25 heavy (non-hydrogen) atoms. The molecule has 0 radical (unpaired) electrons. The van der Waals surface area contributed by atoms with Gasteiger partial charge in [0, 0.05) is 23.7 Å². The number of ether oxygens (including phenoxy) is 1. The molecule has 2 rings (SSSR count). The monoisotopic (exact) mass is 342 g/mol. The Morgan fingerprint density at radius 1 is 1.16 bits per heavy atom. The molecule has 0 atom stereocenters. The smallest absolute Gasteiger partial charge is 0.305 e. The van der Waals surface area contributed by atoms with Crippen molar-refractivity contribution in [1.29, 1.82) is 0 Å². The summed E-state index contributed by atoms with van der Waals surface area (Å²) in [5.74, 6) is -0.0558. The molecule has 2 aromatic rings. The van der Waals surface area contributed by atoms with Crippen LogP contribution in [0.2, 0.25) is 0 Å². The first-order chi connectivity index (χ1) is 12.0. The molecular formula is C18H18N2O5. The number of esters is 1. The Hall–Kier alpha value is -3.35. The number of amides is 2. The largest absolute Gasteiger partial charge is 0.469 e. The van der Waals surface area contributed by atoms with Gasteiger partial charge in [-0.3, -0.25) is 14.4 Å². The number of rotatable bonds is 7. The summed E-state index contributed by atoms with van der Waals surface area (Å²) in [6.07, 6.45) is 3.51. The van der Waals surface area contributed by atoms with E-state index in [1.807, 2.05) is 0 Å². The van der Waals surface area contributed by atoms with Gasteiger partial charge in [-0.1, -0.05) is 0 Å². The third-order valence-electron chi connectivity index (χ3n) is 3.32. The van der Waals surface area contributed by atoms with Crippen LogP contribution in [0.25, 0.3) is 6.08 Å². The van der Waals surface area contributed by atoms with Crippen molar-refractivity contribution in [3.8, 4) is 0 Å². The average molecular weight is 342 g/mol. The Bertz CT molecular complexity index is 790. The summed E-state index contributed by atoms with van der Waals surface area (Å²) in [6, 6.07) is 9.68. The molecule has 0 aliphatic heterocycles. The Labute approximate surface area is 144 Å². The van der Waals surface area contributed by atoms with E-state index in [2.05, 4.69) is 10.1 Å². The summed E-state index contributed by atoms with van der Waals surface area (Å²) in [5, 5.41) is 2.65. The number of carbonyl (C=O) groups is 3. The van der Waals surface area contributed by atoms with Gasteiger partial charge in [-0.05, 0) is 42.5 Å². The number of nitrogens with one attached hydrogen (secondary N) is 1. The number of aryl methyl sites for hydroxylation is 1.